The molecule has 1 N–H and O–H groups in total. The van der Waals surface area contributed by atoms with E-state index in [4.69, 9.17) is 4.74 Å². The summed E-state index contributed by atoms with van der Waals surface area (Å²) in [6.07, 6.45) is 4.81. The van der Waals surface area contributed by atoms with E-state index in [1.807, 2.05) is 62.4 Å². The van der Waals surface area contributed by atoms with Crippen LogP contribution in [0.15, 0.2) is 73.8 Å². The van der Waals surface area contributed by atoms with Gasteiger partial charge in [0.25, 0.3) is 5.91 Å². The lowest BCUT2D eigenvalue weighted by Gasteiger charge is -2.40. The van der Waals surface area contributed by atoms with Gasteiger partial charge in [-0.05, 0) is 49.8 Å². The third-order valence-electron chi connectivity index (χ3n) is 9.00. The molecule has 3 saturated heterocycles. The number of thioether (sulfide) groups is 1. The van der Waals surface area contributed by atoms with Crippen LogP contribution in [0.4, 0.5) is 5.69 Å². The molecular weight excluding hydrogens is 628 g/mol. The zero-order chi connectivity index (χ0) is 30.9. The molecule has 0 saturated carbocycles. The summed E-state index contributed by atoms with van der Waals surface area (Å²) >= 11 is 5.38. The molecule has 3 aliphatic heterocycles. The standard InChI is InChI=1S/C34H39BrN2O5S/c1-5-7-17-42-33(41)26-27-31(39)37(24(20-38)18-23-14-9-8-10-15-23)30(34(27)19-25(35)29(26)43-34)32(40)36(16-6-2)28-21(3)12-11-13-22(28)4/h5-6,8-15,24-27,29-30,38H,1-2,7,16-20H2,3-4H3/t24-,25?,26+,27+,29+,30?,34?/m1/s1. The van der Waals surface area contributed by atoms with E-state index in [1.165, 1.54) is 0 Å². The maximum absolute atomic E-state index is 15.0. The molecule has 0 radical (unpaired) electrons. The lowest BCUT2D eigenvalue weighted by molar-refractivity contribution is -0.154. The molecule has 0 aromatic heterocycles. The molecule has 2 bridgehead atoms. The molecule has 228 valence electrons. The van der Waals surface area contributed by atoms with Crippen LogP contribution in [-0.4, -0.2) is 74.5 Å². The Morgan fingerprint density at radius 1 is 1.16 bits per heavy atom. The Hall–Kier alpha value is -2.88. The van der Waals surface area contributed by atoms with Gasteiger partial charge in [-0.15, -0.1) is 24.9 Å². The van der Waals surface area contributed by atoms with Crippen LogP contribution in [-0.2, 0) is 25.5 Å². The number of fused-ring (bicyclic) bond motifs is 1. The highest BCUT2D eigenvalue weighted by Crippen LogP contribution is 2.68. The summed E-state index contributed by atoms with van der Waals surface area (Å²) in [5.41, 5.74) is 3.61. The number of hydrogen-bond acceptors (Lipinski definition) is 6. The zero-order valence-electron chi connectivity index (χ0n) is 24.7. The SMILES string of the molecule is C=CCCOC(=O)[C@H]1[C@H]2C(=O)N([C@@H](CO)Cc3ccccc3)C(C(=O)N(CC=C)c3c(C)cccc3C)C23CC(Br)[C@@H]1S3. The van der Waals surface area contributed by atoms with Crippen LogP contribution in [0.3, 0.4) is 0 Å². The average molecular weight is 668 g/mol. The largest absolute Gasteiger partial charge is 0.465 e. The number of hydrogen-bond donors (Lipinski definition) is 1. The topological polar surface area (TPSA) is 87.1 Å². The summed E-state index contributed by atoms with van der Waals surface area (Å²) in [4.78, 5) is 46.5. The molecule has 5 rings (SSSR count). The number of rotatable bonds is 12. The quantitative estimate of drug-likeness (QED) is 0.148. The Kier molecular flexibility index (Phi) is 9.54. The van der Waals surface area contributed by atoms with E-state index in [1.54, 1.807) is 33.7 Å². The molecule has 3 aliphatic rings. The fourth-order valence-corrected chi connectivity index (χ4v) is 10.9. The number of alkyl halides is 1. The molecule has 3 fully saturated rings. The van der Waals surface area contributed by atoms with Crippen LogP contribution in [0, 0.1) is 25.7 Å². The van der Waals surface area contributed by atoms with E-state index in [9.17, 15) is 14.7 Å². The predicted molar refractivity (Wildman–Crippen MR) is 174 cm³/mol. The van der Waals surface area contributed by atoms with E-state index >= 15 is 4.79 Å². The molecule has 9 heteroatoms. The summed E-state index contributed by atoms with van der Waals surface area (Å²) in [5, 5.41) is 10.6. The first kappa shape index (κ1) is 31.5. The second kappa shape index (κ2) is 13.0. The minimum atomic E-state index is -0.897. The van der Waals surface area contributed by atoms with Gasteiger partial charge in [0.15, 0.2) is 0 Å². The number of ether oxygens (including phenoxy) is 1. The first-order valence-corrected chi connectivity index (χ1v) is 16.5. The summed E-state index contributed by atoms with van der Waals surface area (Å²) in [6.45, 7) is 11.7. The maximum atomic E-state index is 15.0. The second-order valence-electron chi connectivity index (χ2n) is 11.7. The Labute approximate surface area is 266 Å². The normalized spacial score (nSPS) is 28.0. The van der Waals surface area contributed by atoms with Crippen molar-refractivity contribution in [3.63, 3.8) is 0 Å². The third kappa shape index (κ3) is 5.49. The summed E-state index contributed by atoms with van der Waals surface area (Å²) in [6, 6.07) is 14.0. The molecule has 2 aromatic carbocycles. The van der Waals surface area contributed by atoms with Gasteiger partial charge in [-0.25, -0.2) is 0 Å². The van der Waals surface area contributed by atoms with Crippen molar-refractivity contribution < 1.29 is 24.2 Å². The minimum Gasteiger partial charge on any atom is -0.465 e. The Morgan fingerprint density at radius 3 is 2.49 bits per heavy atom. The molecule has 3 heterocycles. The van der Waals surface area contributed by atoms with Crippen molar-refractivity contribution in [2.75, 3.05) is 24.7 Å². The Balaban J connectivity index is 1.63. The van der Waals surface area contributed by atoms with Gasteiger partial charge in [-0.2, -0.15) is 0 Å². The fourth-order valence-electron chi connectivity index (χ4n) is 7.29. The molecule has 2 aromatic rings. The third-order valence-corrected chi connectivity index (χ3v) is 12.2. The van der Waals surface area contributed by atoms with Crippen molar-refractivity contribution in [1.29, 1.82) is 0 Å². The number of para-hydroxylation sites is 1. The number of nitrogens with zero attached hydrogens (tertiary/aromatic N) is 2. The number of benzene rings is 2. The van der Waals surface area contributed by atoms with Crippen molar-refractivity contribution >= 4 is 51.2 Å². The van der Waals surface area contributed by atoms with Gasteiger partial charge in [0, 0.05) is 22.3 Å². The molecule has 43 heavy (non-hydrogen) atoms. The first-order valence-electron chi connectivity index (χ1n) is 14.7. The number of esters is 1. The van der Waals surface area contributed by atoms with Crippen LogP contribution in [0.1, 0.15) is 29.5 Å². The number of aliphatic hydroxyl groups excluding tert-OH is 1. The van der Waals surface area contributed by atoms with Crippen LogP contribution in [0.5, 0.6) is 0 Å². The van der Waals surface area contributed by atoms with E-state index < -0.39 is 34.6 Å². The minimum absolute atomic E-state index is 0.0801. The number of carbonyl (C=O) groups is 3. The van der Waals surface area contributed by atoms with Crippen molar-refractivity contribution in [3.8, 4) is 0 Å². The van der Waals surface area contributed by atoms with Crippen LogP contribution >= 0.6 is 27.7 Å². The number of amides is 2. The lowest BCUT2D eigenvalue weighted by Crippen LogP contribution is -2.58. The fraction of sp³-hybridized carbons (Fsp3) is 0.441. The molecule has 3 unspecified atom stereocenters. The highest BCUT2D eigenvalue weighted by molar-refractivity contribution is 9.09. The summed E-state index contributed by atoms with van der Waals surface area (Å²) < 4.78 is 4.78. The molecule has 2 amide bonds. The molecule has 7 nitrogen and oxygen atoms in total. The van der Waals surface area contributed by atoms with E-state index in [0.29, 0.717) is 19.3 Å². The van der Waals surface area contributed by atoms with Crippen molar-refractivity contribution in [3.05, 3.63) is 90.5 Å². The monoisotopic (exact) mass is 666 g/mol. The van der Waals surface area contributed by atoms with Gasteiger partial charge in [0.05, 0.1) is 35.8 Å². The van der Waals surface area contributed by atoms with E-state index in [-0.39, 0.29) is 41.6 Å². The van der Waals surface area contributed by atoms with Gasteiger partial charge in [0.2, 0.25) is 5.91 Å². The lowest BCUT2D eigenvalue weighted by atomic mass is 9.71. The summed E-state index contributed by atoms with van der Waals surface area (Å²) in [5.74, 6) is -2.36. The van der Waals surface area contributed by atoms with Gasteiger partial charge < -0.3 is 19.6 Å². The Bertz CT molecular complexity index is 1380. The van der Waals surface area contributed by atoms with Gasteiger partial charge in [0.1, 0.15) is 6.04 Å². The molecular formula is C34H39BrN2O5S. The second-order valence-corrected chi connectivity index (χ2v) is 14.4. The summed E-state index contributed by atoms with van der Waals surface area (Å²) in [7, 11) is 0. The van der Waals surface area contributed by atoms with Crippen molar-refractivity contribution in [2.24, 2.45) is 11.8 Å². The molecule has 0 aliphatic carbocycles. The smallest absolute Gasteiger partial charge is 0.310 e. The number of anilines is 1. The average Bonchev–Trinajstić information content (AvgIpc) is 3.59. The van der Waals surface area contributed by atoms with Crippen molar-refractivity contribution in [2.45, 2.75) is 60.0 Å². The maximum Gasteiger partial charge on any atom is 0.310 e. The Morgan fingerprint density at radius 2 is 1.86 bits per heavy atom. The zero-order valence-corrected chi connectivity index (χ0v) is 27.1. The van der Waals surface area contributed by atoms with Gasteiger partial charge in [-0.3, -0.25) is 14.4 Å². The van der Waals surface area contributed by atoms with Crippen LogP contribution in [0.2, 0.25) is 0 Å². The number of likely N-dealkylation sites (tertiary alicyclic amines) is 1. The van der Waals surface area contributed by atoms with Crippen molar-refractivity contribution in [1.82, 2.24) is 4.90 Å². The van der Waals surface area contributed by atoms with Crippen LogP contribution < -0.4 is 4.90 Å². The van der Waals surface area contributed by atoms with Crippen LogP contribution in [0.25, 0.3) is 0 Å². The number of aliphatic hydroxyl groups is 1. The van der Waals surface area contributed by atoms with Gasteiger partial charge in [-0.1, -0.05) is 76.6 Å². The molecule has 7 atom stereocenters. The van der Waals surface area contributed by atoms with E-state index in [2.05, 4.69) is 29.1 Å². The van der Waals surface area contributed by atoms with Gasteiger partial charge >= 0.3 is 5.97 Å². The predicted octanol–water partition coefficient (Wildman–Crippen LogP) is 5.01. The number of aryl methyl sites for hydroxylation is 2. The number of halogens is 1. The first-order chi connectivity index (χ1) is 20.7. The molecule has 1 spiro atoms. The highest BCUT2D eigenvalue weighted by Gasteiger charge is 2.76. The highest BCUT2D eigenvalue weighted by atomic mass is 79.9. The number of carbonyl (C=O) groups excluding carboxylic acids is 3. The van der Waals surface area contributed by atoms with E-state index in [0.717, 1.165) is 22.4 Å².